The Balaban J connectivity index is 1.72. The molecule has 1 aromatic rings. The van der Waals surface area contributed by atoms with E-state index < -0.39 is 10.1 Å². The average Bonchev–Trinajstić information content (AvgIpc) is 2.72. The molecule has 2 fully saturated rings. The summed E-state index contributed by atoms with van der Waals surface area (Å²) in [5.74, 6) is 1.73. The van der Waals surface area contributed by atoms with Crippen LogP contribution < -0.4 is 4.74 Å². The van der Waals surface area contributed by atoms with E-state index in [4.69, 9.17) is 4.74 Å². The molecule has 4 rings (SSSR count). The zero-order valence-corrected chi connectivity index (χ0v) is 20.8. The van der Waals surface area contributed by atoms with Gasteiger partial charge in [-0.2, -0.15) is 8.42 Å². The van der Waals surface area contributed by atoms with Crippen molar-refractivity contribution in [2.75, 3.05) is 7.11 Å². The quantitative estimate of drug-likeness (QED) is 0.398. The van der Waals surface area contributed by atoms with Crippen LogP contribution in [-0.2, 0) is 16.5 Å². The maximum absolute atomic E-state index is 12.1. The molecular weight excluding hydrogens is 420 g/mol. The Labute approximate surface area is 193 Å². The van der Waals surface area contributed by atoms with Gasteiger partial charge in [-0.15, -0.1) is 6.58 Å². The third-order valence-corrected chi connectivity index (χ3v) is 10.0. The SMILES string of the molecule is C=C[C@]1(C)CC=C2C(CCC3[C@](C)(Cc4cc(OC)ccc4S(=O)(=O)O)CCC[C@]23C)C1. The van der Waals surface area contributed by atoms with E-state index in [1.165, 1.54) is 25.3 Å². The number of hydrogen-bond donors (Lipinski definition) is 1. The van der Waals surface area contributed by atoms with E-state index in [-0.39, 0.29) is 21.1 Å². The van der Waals surface area contributed by atoms with Crippen molar-refractivity contribution in [1.29, 1.82) is 0 Å². The molecule has 0 aromatic heterocycles. The first-order chi connectivity index (χ1) is 14.9. The van der Waals surface area contributed by atoms with Crippen molar-refractivity contribution < 1.29 is 17.7 Å². The maximum Gasteiger partial charge on any atom is 0.294 e. The van der Waals surface area contributed by atoms with Crippen LogP contribution in [0.15, 0.2) is 47.4 Å². The molecule has 2 unspecified atom stereocenters. The van der Waals surface area contributed by atoms with Crippen molar-refractivity contribution in [2.24, 2.45) is 28.1 Å². The lowest BCUT2D eigenvalue weighted by Gasteiger charge is -2.59. The number of hydrogen-bond acceptors (Lipinski definition) is 3. The molecule has 0 radical (unpaired) electrons. The minimum atomic E-state index is -4.29. The normalized spacial score (nSPS) is 37.1. The fraction of sp³-hybridized carbons (Fsp3) is 0.630. The van der Waals surface area contributed by atoms with E-state index in [0.717, 1.165) is 25.7 Å². The van der Waals surface area contributed by atoms with Gasteiger partial charge in [0.25, 0.3) is 10.1 Å². The first-order valence-electron chi connectivity index (χ1n) is 11.9. The summed E-state index contributed by atoms with van der Waals surface area (Å²) in [6, 6.07) is 4.88. The second kappa shape index (κ2) is 8.02. The number of rotatable bonds is 5. The zero-order chi connectivity index (χ0) is 23.4. The summed E-state index contributed by atoms with van der Waals surface area (Å²) in [6.45, 7) is 11.2. The zero-order valence-electron chi connectivity index (χ0n) is 20.0. The molecule has 2 saturated carbocycles. The van der Waals surface area contributed by atoms with E-state index in [1.54, 1.807) is 24.8 Å². The molecule has 5 atom stereocenters. The smallest absolute Gasteiger partial charge is 0.294 e. The lowest BCUT2D eigenvalue weighted by Crippen LogP contribution is -2.50. The molecule has 3 aliphatic rings. The largest absolute Gasteiger partial charge is 0.497 e. The van der Waals surface area contributed by atoms with Crippen LogP contribution in [0.2, 0.25) is 0 Å². The molecule has 1 N–H and O–H groups in total. The molecule has 0 heterocycles. The lowest BCUT2D eigenvalue weighted by atomic mass is 9.45. The van der Waals surface area contributed by atoms with Gasteiger partial charge in [-0.3, -0.25) is 4.55 Å². The summed E-state index contributed by atoms with van der Waals surface area (Å²) in [5, 5.41) is 0. The van der Waals surface area contributed by atoms with E-state index in [2.05, 4.69) is 39.5 Å². The van der Waals surface area contributed by atoms with Crippen LogP contribution in [-0.4, -0.2) is 20.1 Å². The monoisotopic (exact) mass is 458 g/mol. The second-order valence-corrected chi connectivity index (χ2v) is 12.7. The molecule has 3 aliphatic carbocycles. The van der Waals surface area contributed by atoms with Crippen LogP contribution in [0.25, 0.3) is 0 Å². The number of methoxy groups -OCH3 is 1. The van der Waals surface area contributed by atoms with Gasteiger partial charge in [-0.25, -0.2) is 0 Å². The highest BCUT2D eigenvalue weighted by Crippen LogP contribution is 2.64. The van der Waals surface area contributed by atoms with E-state index in [9.17, 15) is 13.0 Å². The van der Waals surface area contributed by atoms with Crippen molar-refractivity contribution in [1.82, 2.24) is 0 Å². The molecule has 5 heteroatoms. The van der Waals surface area contributed by atoms with Crippen molar-refractivity contribution in [2.45, 2.75) is 77.0 Å². The molecule has 0 aliphatic heterocycles. The van der Waals surface area contributed by atoms with Crippen molar-refractivity contribution >= 4 is 10.1 Å². The number of ether oxygens (including phenoxy) is 1. The first-order valence-corrected chi connectivity index (χ1v) is 13.4. The van der Waals surface area contributed by atoms with Crippen molar-refractivity contribution in [3.8, 4) is 5.75 Å². The van der Waals surface area contributed by atoms with Crippen molar-refractivity contribution in [3.63, 3.8) is 0 Å². The maximum atomic E-state index is 12.1. The topological polar surface area (TPSA) is 63.6 Å². The van der Waals surface area contributed by atoms with Crippen LogP contribution in [0.5, 0.6) is 5.75 Å². The van der Waals surface area contributed by atoms with Gasteiger partial charge in [0.15, 0.2) is 0 Å². The Kier molecular flexibility index (Phi) is 5.90. The average molecular weight is 459 g/mol. The Morgan fingerprint density at radius 1 is 1.22 bits per heavy atom. The third kappa shape index (κ3) is 3.96. The van der Waals surface area contributed by atoms with Crippen LogP contribution >= 0.6 is 0 Å². The van der Waals surface area contributed by atoms with E-state index in [1.807, 2.05) is 0 Å². The first kappa shape index (κ1) is 23.6. The standard InChI is InChI=1S/C27H38O4S/c1-6-25(2)15-12-22-19(17-25)8-11-24-26(3,13-7-14-27(22,24)4)18-20-16-21(31-5)9-10-23(20)32(28,29)30/h6,9-10,12,16,19,24H,1,7-8,11,13-15,17-18H2,2-5H3,(H,28,29,30)/t19?,24?,25-,26+,27-/m1/s1. The fourth-order valence-electron chi connectivity index (χ4n) is 7.47. The number of fused-ring (bicyclic) bond motifs is 3. The number of benzene rings is 1. The lowest BCUT2D eigenvalue weighted by molar-refractivity contribution is -0.0264. The van der Waals surface area contributed by atoms with E-state index >= 15 is 0 Å². The van der Waals surface area contributed by atoms with Gasteiger partial charge < -0.3 is 4.74 Å². The van der Waals surface area contributed by atoms with Crippen LogP contribution in [0.3, 0.4) is 0 Å². The van der Waals surface area contributed by atoms with Gasteiger partial charge in [0.05, 0.1) is 12.0 Å². The summed E-state index contributed by atoms with van der Waals surface area (Å²) in [7, 11) is -2.71. The summed E-state index contributed by atoms with van der Waals surface area (Å²) >= 11 is 0. The van der Waals surface area contributed by atoms with Gasteiger partial charge in [0.1, 0.15) is 5.75 Å². The molecule has 1 aromatic carbocycles. The molecular formula is C27H38O4S. The summed E-state index contributed by atoms with van der Waals surface area (Å²) < 4.78 is 39.5. The minimum absolute atomic E-state index is 0.0131. The minimum Gasteiger partial charge on any atom is -0.497 e. The Morgan fingerprint density at radius 3 is 2.62 bits per heavy atom. The Bertz CT molecular complexity index is 1040. The molecule has 4 nitrogen and oxygen atoms in total. The summed E-state index contributed by atoms with van der Waals surface area (Å²) in [4.78, 5) is 0.0131. The van der Waals surface area contributed by atoms with Gasteiger partial charge in [0.2, 0.25) is 0 Å². The molecule has 0 saturated heterocycles. The highest BCUT2D eigenvalue weighted by molar-refractivity contribution is 7.85. The highest BCUT2D eigenvalue weighted by Gasteiger charge is 2.55. The van der Waals surface area contributed by atoms with Gasteiger partial charge in [0, 0.05) is 0 Å². The Hall–Kier alpha value is -1.59. The van der Waals surface area contributed by atoms with Gasteiger partial charge in [-0.05, 0) is 96.8 Å². The Morgan fingerprint density at radius 2 is 1.97 bits per heavy atom. The van der Waals surface area contributed by atoms with Crippen LogP contribution in [0, 0.1) is 28.1 Å². The van der Waals surface area contributed by atoms with Gasteiger partial charge in [-0.1, -0.05) is 44.9 Å². The second-order valence-electron chi connectivity index (χ2n) is 11.3. The molecule has 0 amide bonds. The third-order valence-electron chi connectivity index (χ3n) is 9.09. The highest BCUT2D eigenvalue weighted by atomic mass is 32.2. The molecule has 32 heavy (non-hydrogen) atoms. The van der Waals surface area contributed by atoms with Gasteiger partial charge >= 0.3 is 0 Å². The predicted molar refractivity (Wildman–Crippen MR) is 128 cm³/mol. The predicted octanol–water partition coefficient (Wildman–Crippen LogP) is 6.62. The van der Waals surface area contributed by atoms with Crippen LogP contribution in [0.4, 0.5) is 0 Å². The molecule has 176 valence electrons. The molecule has 0 spiro atoms. The summed E-state index contributed by atoms with van der Waals surface area (Å²) in [6.07, 6.45) is 13.3. The molecule has 0 bridgehead atoms. The van der Waals surface area contributed by atoms with Crippen molar-refractivity contribution in [3.05, 3.63) is 48.1 Å². The number of allylic oxidation sites excluding steroid dienone is 3. The fourth-order valence-corrected chi connectivity index (χ4v) is 8.17. The van der Waals surface area contributed by atoms with E-state index in [0.29, 0.717) is 29.6 Å². The van der Waals surface area contributed by atoms with Crippen LogP contribution in [0.1, 0.15) is 71.3 Å². The summed E-state index contributed by atoms with van der Waals surface area (Å²) in [5.41, 5.74) is 2.61.